The molecule has 6 nitrogen and oxygen atoms in total. The first-order valence-corrected chi connectivity index (χ1v) is 13.3. The number of halogens is 1. The van der Waals surface area contributed by atoms with E-state index in [-0.39, 0.29) is 5.82 Å². The van der Waals surface area contributed by atoms with Crippen LogP contribution in [-0.2, 0) is 16.8 Å². The topological polar surface area (TPSA) is 43.4 Å². The van der Waals surface area contributed by atoms with Gasteiger partial charge in [0.1, 0.15) is 17.2 Å². The van der Waals surface area contributed by atoms with E-state index in [2.05, 4.69) is 28.0 Å². The monoisotopic (exact) mass is 520 g/mol. The highest BCUT2D eigenvalue weighted by molar-refractivity contribution is 5.58. The molecule has 2 heterocycles. The van der Waals surface area contributed by atoms with Gasteiger partial charge in [0.15, 0.2) is 11.5 Å². The van der Waals surface area contributed by atoms with Crippen molar-refractivity contribution in [1.82, 2.24) is 4.90 Å². The number of anilines is 1. The molecule has 38 heavy (non-hydrogen) atoms. The summed E-state index contributed by atoms with van der Waals surface area (Å²) in [5, 5.41) is 0. The number of fused-ring (bicyclic) bond motifs is 1. The van der Waals surface area contributed by atoms with Gasteiger partial charge in [-0.25, -0.2) is 4.39 Å². The van der Waals surface area contributed by atoms with Gasteiger partial charge in [0, 0.05) is 26.2 Å². The van der Waals surface area contributed by atoms with E-state index in [1.54, 1.807) is 21.3 Å². The third-order valence-corrected chi connectivity index (χ3v) is 7.88. The van der Waals surface area contributed by atoms with Gasteiger partial charge in [0.05, 0.1) is 33.6 Å². The van der Waals surface area contributed by atoms with Crippen LogP contribution < -0.4 is 19.1 Å². The van der Waals surface area contributed by atoms with Crippen LogP contribution in [0.25, 0.3) is 0 Å². The molecular weight excluding hydrogens is 483 g/mol. The zero-order valence-electron chi connectivity index (χ0n) is 22.5. The molecule has 0 bridgehead atoms. The fourth-order valence-electron chi connectivity index (χ4n) is 5.88. The van der Waals surface area contributed by atoms with E-state index in [0.29, 0.717) is 18.1 Å². The van der Waals surface area contributed by atoms with Crippen molar-refractivity contribution >= 4 is 5.69 Å². The third kappa shape index (κ3) is 5.18. The molecule has 2 aliphatic heterocycles. The molecule has 1 atom stereocenters. The number of benzene rings is 3. The predicted octanol–water partition coefficient (Wildman–Crippen LogP) is 5.27. The zero-order chi connectivity index (χ0) is 26.5. The molecule has 1 saturated heterocycles. The Kier molecular flexibility index (Phi) is 8.05. The van der Waals surface area contributed by atoms with Crippen LogP contribution in [0.3, 0.4) is 0 Å². The first-order chi connectivity index (χ1) is 18.6. The summed E-state index contributed by atoms with van der Waals surface area (Å²) in [6.45, 7) is 5.46. The van der Waals surface area contributed by atoms with Crippen molar-refractivity contribution in [1.29, 1.82) is 0 Å². The summed E-state index contributed by atoms with van der Waals surface area (Å²) in [4.78, 5) is 4.91. The van der Waals surface area contributed by atoms with E-state index in [9.17, 15) is 4.39 Å². The molecule has 0 saturated carbocycles. The van der Waals surface area contributed by atoms with Crippen LogP contribution in [0.2, 0.25) is 0 Å². The lowest BCUT2D eigenvalue weighted by Crippen LogP contribution is -2.47. The Morgan fingerprint density at radius 2 is 1.53 bits per heavy atom. The average molecular weight is 521 g/mol. The minimum atomic E-state index is -0.667. The normalized spacial score (nSPS) is 19.6. The highest BCUT2D eigenvalue weighted by Crippen LogP contribution is 2.46. The van der Waals surface area contributed by atoms with E-state index in [1.165, 1.54) is 17.7 Å². The molecule has 0 aliphatic carbocycles. The second kappa shape index (κ2) is 11.6. The summed E-state index contributed by atoms with van der Waals surface area (Å²) in [5.74, 6) is 2.06. The fraction of sp³-hybridized carbons (Fsp3) is 0.419. The Bertz CT molecular complexity index is 1230. The number of hydrogen-bond donors (Lipinski definition) is 0. The van der Waals surface area contributed by atoms with Gasteiger partial charge in [-0.1, -0.05) is 24.3 Å². The maximum absolute atomic E-state index is 13.9. The molecule has 1 unspecified atom stereocenters. The SMILES string of the molecule is COc1cc2c(cc1OC)C(CCCN1CCN(c3ccccc3OC)CC1)(c1ccc(F)cc1)OCC2. The summed E-state index contributed by atoms with van der Waals surface area (Å²) in [6.07, 6.45) is 2.52. The molecule has 3 aromatic carbocycles. The maximum Gasteiger partial charge on any atom is 0.161 e. The molecule has 3 aromatic rings. The van der Waals surface area contributed by atoms with E-state index in [4.69, 9.17) is 18.9 Å². The zero-order valence-corrected chi connectivity index (χ0v) is 22.5. The quantitative estimate of drug-likeness (QED) is 0.383. The van der Waals surface area contributed by atoms with Crippen LogP contribution in [0.4, 0.5) is 10.1 Å². The minimum Gasteiger partial charge on any atom is -0.495 e. The van der Waals surface area contributed by atoms with Crippen molar-refractivity contribution < 1.29 is 23.3 Å². The number of rotatable bonds is 9. The van der Waals surface area contributed by atoms with Gasteiger partial charge < -0.3 is 23.8 Å². The number of nitrogens with zero attached hydrogens (tertiary/aromatic N) is 2. The molecule has 0 radical (unpaired) electrons. The van der Waals surface area contributed by atoms with Crippen molar-refractivity contribution in [3.05, 3.63) is 83.2 Å². The third-order valence-electron chi connectivity index (χ3n) is 7.88. The Hall–Kier alpha value is -3.29. The molecule has 5 rings (SSSR count). The van der Waals surface area contributed by atoms with Gasteiger partial charge in [0.2, 0.25) is 0 Å². The van der Waals surface area contributed by atoms with Gasteiger partial charge in [-0.05, 0) is 78.9 Å². The van der Waals surface area contributed by atoms with E-state index < -0.39 is 5.60 Å². The van der Waals surface area contributed by atoms with Crippen LogP contribution in [0.15, 0.2) is 60.7 Å². The molecule has 202 valence electrons. The van der Waals surface area contributed by atoms with Crippen molar-refractivity contribution in [2.75, 3.05) is 65.6 Å². The summed E-state index contributed by atoms with van der Waals surface area (Å²) in [6, 6.07) is 19.1. The standard InChI is InChI=1S/C31H37FN2O4/c1-35-28-8-5-4-7-27(28)34-18-16-33(17-19-34)15-6-14-31(24-9-11-25(32)12-10-24)26-22-30(37-3)29(36-2)21-23(26)13-20-38-31/h4-5,7-12,21-22H,6,13-20H2,1-3H3. The largest absolute Gasteiger partial charge is 0.495 e. The molecule has 0 spiro atoms. The highest BCUT2D eigenvalue weighted by atomic mass is 19.1. The van der Waals surface area contributed by atoms with Gasteiger partial charge in [-0.2, -0.15) is 0 Å². The molecule has 7 heteroatoms. The van der Waals surface area contributed by atoms with Crippen LogP contribution in [0, 0.1) is 5.82 Å². The van der Waals surface area contributed by atoms with Gasteiger partial charge in [0.25, 0.3) is 0 Å². The number of hydrogen-bond acceptors (Lipinski definition) is 6. The van der Waals surface area contributed by atoms with Crippen LogP contribution in [0.5, 0.6) is 17.2 Å². The maximum atomic E-state index is 13.9. The average Bonchev–Trinajstić information content (AvgIpc) is 2.97. The minimum absolute atomic E-state index is 0.250. The first-order valence-electron chi connectivity index (χ1n) is 13.3. The molecule has 1 fully saturated rings. The first kappa shape index (κ1) is 26.3. The Balaban J connectivity index is 1.33. The predicted molar refractivity (Wildman–Crippen MR) is 147 cm³/mol. The second-order valence-corrected chi connectivity index (χ2v) is 9.90. The Morgan fingerprint density at radius 3 is 2.24 bits per heavy atom. The van der Waals surface area contributed by atoms with Gasteiger partial charge >= 0.3 is 0 Å². The smallest absolute Gasteiger partial charge is 0.161 e. The van der Waals surface area contributed by atoms with Crippen molar-refractivity contribution in [3.63, 3.8) is 0 Å². The van der Waals surface area contributed by atoms with Crippen LogP contribution >= 0.6 is 0 Å². The number of ether oxygens (including phenoxy) is 4. The molecular formula is C31H37FN2O4. The second-order valence-electron chi connectivity index (χ2n) is 9.90. The molecule has 0 amide bonds. The number of para-hydroxylation sites is 2. The van der Waals surface area contributed by atoms with E-state index in [0.717, 1.165) is 74.6 Å². The van der Waals surface area contributed by atoms with Gasteiger partial charge in [-0.3, -0.25) is 4.90 Å². The van der Waals surface area contributed by atoms with Crippen molar-refractivity contribution in [3.8, 4) is 17.2 Å². The van der Waals surface area contributed by atoms with Gasteiger partial charge in [-0.15, -0.1) is 0 Å². The summed E-state index contributed by atoms with van der Waals surface area (Å²) in [7, 11) is 5.03. The summed E-state index contributed by atoms with van der Waals surface area (Å²) in [5.41, 5.74) is 3.72. The van der Waals surface area contributed by atoms with Crippen LogP contribution in [-0.4, -0.2) is 65.6 Å². The molecule has 0 N–H and O–H groups in total. The lowest BCUT2D eigenvalue weighted by atomic mass is 9.77. The Labute approximate surface area is 224 Å². The van der Waals surface area contributed by atoms with E-state index in [1.807, 2.05) is 30.3 Å². The van der Waals surface area contributed by atoms with Crippen molar-refractivity contribution in [2.45, 2.75) is 24.9 Å². The summed E-state index contributed by atoms with van der Waals surface area (Å²) < 4.78 is 37.3. The fourth-order valence-corrected chi connectivity index (χ4v) is 5.88. The molecule has 2 aliphatic rings. The highest BCUT2D eigenvalue weighted by Gasteiger charge is 2.40. The summed E-state index contributed by atoms with van der Waals surface area (Å²) >= 11 is 0. The van der Waals surface area contributed by atoms with Crippen LogP contribution in [0.1, 0.15) is 29.5 Å². The lowest BCUT2D eigenvalue weighted by molar-refractivity contribution is -0.0375. The number of methoxy groups -OCH3 is 3. The molecule has 0 aromatic heterocycles. The number of piperazine rings is 1. The lowest BCUT2D eigenvalue weighted by Gasteiger charge is -2.41. The van der Waals surface area contributed by atoms with Crippen molar-refractivity contribution in [2.24, 2.45) is 0 Å². The Morgan fingerprint density at radius 1 is 0.842 bits per heavy atom. The van der Waals surface area contributed by atoms with E-state index >= 15 is 0 Å².